The third-order valence-electron chi connectivity index (χ3n) is 8.59. The molecule has 4 heteroatoms. The van der Waals surface area contributed by atoms with Crippen LogP contribution in [0.2, 0.25) is 0 Å². The largest absolute Gasteiger partial charge is 0.487 e. The fourth-order valence-electron chi connectivity index (χ4n) is 5.96. The number of piperidine rings is 1. The zero-order chi connectivity index (χ0) is 24.9. The molecule has 35 heavy (non-hydrogen) atoms. The molecule has 202 valence electrons. The Kier molecular flexibility index (Phi) is 12.6. The Bertz CT molecular complexity index is 635. The standard InChI is InChI=1S/C31H55NO3/c1-4-6-8-9-10-11-12-14-16-28(15-13-7-5-2)35-29-21-24-34-31(30(29)33,27-17-18-27)25-32-22-19-26(3)20-23-32/h21,26-28H,4-20,22-25H2,1-3H3. The van der Waals surface area contributed by atoms with E-state index in [0.29, 0.717) is 18.3 Å². The molecular formula is C31H55NO3. The van der Waals surface area contributed by atoms with Crippen LogP contribution in [0.3, 0.4) is 0 Å². The minimum atomic E-state index is -0.670. The summed E-state index contributed by atoms with van der Waals surface area (Å²) in [5, 5.41) is 0. The van der Waals surface area contributed by atoms with Crippen LogP contribution in [-0.2, 0) is 14.3 Å². The van der Waals surface area contributed by atoms with E-state index in [4.69, 9.17) is 9.47 Å². The highest BCUT2D eigenvalue weighted by Gasteiger charge is 2.55. The van der Waals surface area contributed by atoms with Crippen molar-refractivity contribution in [2.45, 2.75) is 142 Å². The summed E-state index contributed by atoms with van der Waals surface area (Å²) in [5.41, 5.74) is -0.670. The summed E-state index contributed by atoms with van der Waals surface area (Å²) in [6.07, 6.45) is 23.2. The molecule has 2 aliphatic heterocycles. The number of unbranched alkanes of at least 4 members (excludes halogenated alkanes) is 9. The van der Waals surface area contributed by atoms with Gasteiger partial charge in [0.15, 0.2) is 5.76 Å². The van der Waals surface area contributed by atoms with Gasteiger partial charge >= 0.3 is 0 Å². The van der Waals surface area contributed by atoms with Crippen LogP contribution in [0, 0.1) is 11.8 Å². The third-order valence-corrected chi connectivity index (χ3v) is 8.59. The Balaban J connectivity index is 1.53. The van der Waals surface area contributed by atoms with Crippen molar-refractivity contribution in [3.63, 3.8) is 0 Å². The first kappa shape index (κ1) is 28.7. The van der Waals surface area contributed by atoms with Crippen molar-refractivity contribution in [3.05, 3.63) is 11.8 Å². The van der Waals surface area contributed by atoms with Crippen molar-refractivity contribution >= 4 is 5.78 Å². The van der Waals surface area contributed by atoms with Crippen molar-refractivity contribution in [2.24, 2.45) is 11.8 Å². The van der Waals surface area contributed by atoms with Gasteiger partial charge in [-0.15, -0.1) is 0 Å². The maximum atomic E-state index is 13.9. The summed E-state index contributed by atoms with van der Waals surface area (Å²) >= 11 is 0. The monoisotopic (exact) mass is 489 g/mol. The van der Waals surface area contributed by atoms with Crippen molar-refractivity contribution < 1.29 is 14.3 Å². The number of carbonyl (C=O) groups is 1. The average molecular weight is 490 g/mol. The smallest absolute Gasteiger partial charge is 0.230 e. The molecule has 0 radical (unpaired) electrons. The Labute approximate surface area is 216 Å². The fraction of sp³-hybridized carbons (Fsp3) is 0.903. The highest BCUT2D eigenvalue weighted by molar-refractivity contribution is 6.01. The Morgan fingerprint density at radius 3 is 2.11 bits per heavy atom. The Morgan fingerprint density at radius 2 is 1.49 bits per heavy atom. The van der Waals surface area contributed by atoms with E-state index in [2.05, 4.69) is 25.7 Å². The van der Waals surface area contributed by atoms with Crippen LogP contribution < -0.4 is 0 Å². The normalized spacial score (nSPS) is 25.0. The molecule has 4 nitrogen and oxygen atoms in total. The molecular weight excluding hydrogens is 434 g/mol. The number of rotatable bonds is 18. The van der Waals surface area contributed by atoms with E-state index in [9.17, 15) is 4.79 Å². The molecule has 0 bridgehead atoms. The summed E-state index contributed by atoms with van der Waals surface area (Å²) < 4.78 is 12.9. The minimum Gasteiger partial charge on any atom is -0.487 e. The van der Waals surface area contributed by atoms with Gasteiger partial charge in [-0.1, -0.05) is 78.6 Å². The zero-order valence-electron chi connectivity index (χ0n) is 23.3. The lowest BCUT2D eigenvalue weighted by Gasteiger charge is -2.41. The van der Waals surface area contributed by atoms with Gasteiger partial charge in [-0.05, 0) is 82.4 Å². The van der Waals surface area contributed by atoms with Gasteiger partial charge in [0.1, 0.15) is 5.60 Å². The molecule has 1 aliphatic carbocycles. The second kappa shape index (κ2) is 15.4. The lowest BCUT2D eigenvalue weighted by Crippen LogP contribution is -2.56. The van der Waals surface area contributed by atoms with E-state index in [0.717, 1.165) is 51.2 Å². The molecule has 2 heterocycles. The third kappa shape index (κ3) is 9.18. The maximum absolute atomic E-state index is 13.9. The van der Waals surface area contributed by atoms with Crippen LogP contribution in [0.15, 0.2) is 11.8 Å². The van der Waals surface area contributed by atoms with E-state index in [-0.39, 0.29) is 11.9 Å². The molecule has 2 unspecified atom stereocenters. The maximum Gasteiger partial charge on any atom is 0.230 e. The molecule has 0 spiro atoms. The lowest BCUT2D eigenvalue weighted by atomic mass is 9.87. The SMILES string of the molecule is CCCCCCCCCCC(CCCCC)OC1=CCOC(CN2CCC(C)CC2)(C2CC2)C1=O. The molecule has 0 amide bonds. The van der Waals surface area contributed by atoms with Gasteiger partial charge in [0.25, 0.3) is 0 Å². The van der Waals surface area contributed by atoms with E-state index in [1.54, 1.807) is 0 Å². The number of ketones is 1. The van der Waals surface area contributed by atoms with E-state index in [1.165, 1.54) is 83.5 Å². The highest BCUT2D eigenvalue weighted by atomic mass is 16.5. The van der Waals surface area contributed by atoms with Crippen LogP contribution in [0.5, 0.6) is 0 Å². The topological polar surface area (TPSA) is 38.8 Å². The van der Waals surface area contributed by atoms with Gasteiger partial charge in [0, 0.05) is 6.54 Å². The minimum absolute atomic E-state index is 0.140. The zero-order valence-corrected chi connectivity index (χ0v) is 23.3. The molecule has 0 aromatic carbocycles. The van der Waals surface area contributed by atoms with Gasteiger partial charge in [-0.3, -0.25) is 9.69 Å². The second-order valence-electron chi connectivity index (χ2n) is 11.8. The number of hydrogen-bond donors (Lipinski definition) is 0. The summed E-state index contributed by atoms with van der Waals surface area (Å²) in [6, 6.07) is 0. The Morgan fingerprint density at radius 1 is 0.914 bits per heavy atom. The molecule has 3 aliphatic rings. The molecule has 0 aromatic rings. The van der Waals surface area contributed by atoms with Crippen LogP contribution >= 0.6 is 0 Å². The number of ether oxygens (including phenoxy) is 2. The van der Waals surface area contributed by atoms with E-state index in [1.807, 2.05) is 6.08 Å². The first-order valence-electron chi connectivity index (χ1n) is 15.4. The molecule has 2 atom stereocenters. The fourth-order valence-corrected chi connectivity index (χ4v) is 5.96. The summed E-state index contributed by atoms with van der Waals surface area (Å²) in [4.78, 5) is 16.4. The van der Waals surface area contributed by atoms with Crippen LogP contribution in [0.25, 0.3) is 0 Å². The number of hydrogen-bond acceptors (Lipinski definition) is 4. The van der Waals surface area contributed by atoms with Gasteiger partial charge in [-0.2, -0.15) is 0 Å². The first-order chi connectivity index (χ1) is 17.1. The second-order valence-corrected chi connectivity index (χ2v) is 11.8. The van der Waals surface area contributed by atoms with Crippen LogP contribution in [0.4, 0.5) is 0 Å². The molecule has 0 aromatic heterocycles. The number of carbonyl (C=O) groups excluding carboxylic acids is 1. The first-order valence-corrected chi connectivity index (χ1v) is 15.4. The van der Waals surface area contributed by atoms with Crippen molar-refractivity contribution in [3.8, 4) is 0 Å². The van der Waals surface area contributed by atoms with E-state index >= 15 is 0 Å². The van der Waals surface area contributed by atoms with Gasteiger partial charge in [0.2, 0.25) is 5.78 Å². The summed E-state index contributed by atoms with van der Waals surface area (Å²) in [6.45, 7) is 10.3. The van der Waals surface area contributed by atoms with Gasteiger partial charge in [0.05, 0.1) is 12.7 Å². The Hall–Kier alpha value is -0.870. The number of Topliss-reactive ketones (excluding diaryl/α,β-unsaturated/α-hetero) is 1. The van der Waals surface area contributed by atoms with Crippen molar-refractivity contribution in [1.82, 2.24) is 4.90 Å². The summed E-state index contributed by atoms with van der Waals surface area (Å²) in [7, 11) is 0. The van der Waals surface area contributed by atoms with Crippen LogP contribution in [-0.4, -0.2) is 48.6 Å². The molecule has 1 saturated carbocycles. The molecule has 1 saturated heterocycles. The lowest BCUT2D eigenvalue weighted by molar-refractivity contribution is -0.155. The predicted octanol–water partition coefficient (Wildman–Crippen LogP) is 7.85. The molecule has 0 N–H and O–H groups in total. The average Bonchev–Trinajstić information content (AvgIpc) is 3.71. The highest BCUT2D eigenvalue weighted by Crippen LogP contribution is 2.46. The van der Waals surface area contributed by atoms with E-state index < -0.39 is 5.60 Å². The van der Waals surface area contributed by atoms with Gasteiger partial charge < -0.3 is 9.47 Å². The van der Waals surface area contributed by atoms with Crippen LogP contribution in [0.1, 0.15) is 130 Å². The molecule has 3 rings (SSSR count). The number of likely N-dealkylation sites (tertiary alicyclic amines) is 1. The molecule has 2 fully saturated rings. The van der Waals surface area contributed by atoms with Crippen molar-refractivity contribution in [1.29, 1.82) is 0 Å². The van der Waals surface area contributed by atoms with Crippen molar-refractivity contribution in [2.75, 3.05) is 26.2 Å². The number of nitrogens with zero attached hydrogens (tertiary/aromatic N) is 1. The predicted molar refractivity (Wildman–Crippen MR) is 146 cm³/mol. The summed E-state index contributed by atoms with van der Waals surface area (Å²) in [5.74, 6) is 1.92. The quantitative estimate of drug-likeness (QED) is 0.184. The van der Waals surface area contributed by atoms with Gasteiger partial charge in [-0.25, -0.2) is 0 Å².